The Hall–Kier alpha value is -2.63. The van der Waals surface area contributed by atoms with E-state index in [0.717, 1.165) is 0 Å². The van der Waals surface area contributed by atoms with E-state index in [4.69, 9.17) is 9.47 Å². The van der Waals surface area contributed by atoms with Gasteiger partial charge in [-0.15, -0.1) is 0 Å². The molecule has 0 fully saturated rings. The summed E-state index contributed by atoms with van der Waals surface area (Å²) in [5.41, 5.74) is 0.574. The molecule has 6 heteroatoms. The molecule has 0 atom stereocenters. The first-order valence-electron chi connectivity index (χ1n) is 6.79. The summed E-state index contributed by atoms with van der Waals surface area (Å²) in [7, 11) is 1.27. The van der Waals surface area contributed by atoms with Crippen LogP contribution in [0.25, 0.3) is 11.1 Å². The maximum absolute atomic E-state index is 12.3. The lowest BCUT2D eigenvalue weighted by Gasteiger charge is -2.19. The van der Waals surface area contributed by atoms with Gasteiger partial charge in [-0.1, -0.05) is 30.3 Å². The second kappa shape index (κ2) is 6.01. The lowest BCUT2D eigenvalue weighted by atomic mass is 10.0. The van der Waals surface area contributed by atoms with Crippen molar-refractivity contribution in [2.75, 3.05) is 7.11 Å². The first-order valence-corrected chi connectivity index (χ1v) is 6.79. The summed E-state index contributed by atoms with van der Waals surface area (Å²) in [4.78, 5) is 24.2. The molecule has 22 heavy (non-hydrogen) atoms. The average Bonchev–Trinajstić information content (AvgIpc) is 2.90. The monoisotopic (exact) mass is 302 g/mol. The normalized spacial score (nSPS) is 11.1. The number of H-pyrrole nitrogens is 1. The van der Waals surface area contributed by atoms with Crippen molar-refractivity contribution in [2.45, 2.75) is 26.4 Å². The van der Waals surface area contributed by atoms with Crippen molar-refractivity contribution in [1.29, 1.82) is 0 Å². The number of esters is 2. The Morgan fingerprint density at radius 3 is 2.27 bits per heavy atom. The van der Waals surface area contributed by atoms with Gasteiger partial charge in [-0.3, -0.25) is 5.10 Å². The smallest absolute Gasteiger partial charge is 0.360 e. The third-order valence-electron chi connectivity index (χ3n) is 2.81. The van der Waals surface area contributed by atoms with E-state index in [2.05, 4.69) is 10.2 Å². The summed E-state index contributed by atoms with van der Waals surface area (Å²) in [6.07, 6.45) is 0. The van der Waals surface area contributed by atoms with E-state index in [9.17, 15) is 9.59 Å². The fourth-order valence-electron chi connectivity index (χ4n) is 1.95. The zero-order chi connectivity index (χ0) is 16.3. The van der Waals surface area contributed by atoms with Crippen molar-refractivity contribution in [3.05, 3.63) is 41.7 Å². The summed E-state index contributed by atoms with van der Waals surface area (Å²) >= 11 is 0. The van der Waals surface area contributed by atoms with E-state index in [0.29, 0.717) is 11.1 Å². The number of nitrogens with one attached hydrogen (secondary N) is 1. The van der Waals surface area contributed by atoms with Gasteiger partial charge in [0.2, 0.25) is 0 Å². The molecule has 116 valence electrons. The number of rotatable bonds is 3. The van der Waals surface area contributed by atoms with Gasteiger partial charge in [0, 0.05) is 5.56 Å². The van der Waals surface area contributed by atoms with Gasteiger partial charge in [0.05, 0.1) is 7.11 Å². The molecule has 0 amide bonds. The van der Waals surface area contributed by atoms with Crippen molar-refractivity contribution in [3.8, 4) is 11.1 Å². The highest BCUT2D eigenvalue weighted by Gasteiger charge is 2.28. The summed E-state index contributed by atoms with van der Waals surface area (Å²) in [6, 6.07) is 9.02. The van der Waals surface area contributed by atoms with Crippen LogP contribution in [0.3, 0.4) is 0 Å². The Morgan fingerprint density at radius 1 is 1.09 bits per heavy atom. The minimum absolute atomic E-state index is 0.0570. The maximum atomic E-state index is 12.3. The van der Waals surface area contributed by atoms with Gasteiger partial charge in [-0.25, -0.2) is 9.59 Å². The van der Waals surface area contributed by atoms with Crippen LogP contribution >= 0.6 is 0 Å². The Morgan fingerprint density at radius 2 is 1.73 bits per heavy atom. The number of ether oxygens (including phenoxy) is 2. The van der Waals surface area contributed by atoms with E-state index < -0.39 is 17.5 Å². The molecule has 0 bridgehead atoms. The summed E-state index contributed by atoms with van der Waals surface area (Å²) in [6.45, 7) is 5.29. The quantitative estimate of drug-likeness (QED) is 0.882. The van der Waals surface area contributed by atoms with Crippen LogP contribution in [-0.2, 0) is 9.47 Å². The van der Waals surface area contributed by atoms with Crippen LogP contribution in [0.4, 0.5) is 0 Å². The Labute approximate surface area is 128 Å². The number of hydrogen-bond acceptors (Lipinski definition) is 5. The van der Waals surface area contributed by atoms with E-state index >= 15 is 0 Å². The molecule has 0 aliphatic rings. The predicted octanol–water partition coefficient (Wildman–Crippen LogP) is 2.82. The number of carbonyl (C=O) groups excluding carboxylic acids is 2. The predicted molar refractivity (Wildman–Crippen MR) is 80.5 cm³/mol. The van der Waals surface area contributed by atoms with E-state index in [1.165, 1.54) is 7.11 Å². The molecule has 1 heterocycles. The fourth-order valence-corrected chi connectivity index (χ4v) is 1.95. The molecule has 6 nitrogen and oxygen atoms in total. The van der Waals surface area contributed by atoms with Crippen LogP contribution in [0.1, 0.15) is 41.7 Å². The molecule has 0 aliphatic heterocycles. The molecule has 1 aromatic carbocycles. The van der Waals surface area contributed by atoms with Gasteiger partial charge in [0.25, 0.3) is 0 Å². The van der Waals surface area contributed by atoms with Crippen LogP contribution in [0.5, 0.6) is 0 Å². The molecular weight excluding hydrogens is 284 g/mol. The highest BCUT2D eigenvalue weighted by Crippen LogP contribution is 2.28. The van der Waals surface area contributed by atoms with Crippen LogP contribution in [0, 0.1) is 0 Å². The van der Waals surface area contributed by atoms with E-state index in [-0.39, 0.29) is 11.4 Å². The molecule has 2 rings (SSSR count). The summed E-state index contributed by atoms with van der Waals surface area (Å²) in [5, 5.41) is 6.51. The van der Waals surface area contributed by atoms with Crippen molar-refractivity contribution in [2.24, 2.45) is 0 Å². The second-order valence-corrected chi connectivity index (χ2v) is 5.68. The minimum Gasteiger partial charge on any atom is -0.464 e. The topological polar surface area (TPSA) is 81.3 Å². The number of benzene rings is 1. The number of methoxy groups -OCH3 is 1. The standard InChI is InChI=1S/C16H18N2O4/c1-16(2,3)22-15(20)13-11(10-8-6-5-7-9-10)12(17-18-13)14(19)21-4/h5-9H,1-4H3,(H,17,18). The lowest BCUT2D eigenvalue weighted by Crippen LogP contribution is -2.24. The van der Waals surface area contributed by atoms with Crippen LogP contribution < -0.4 is 0 Å². The summed E-state index contributed by atoms with van der Waals surface area (Å²) in [5.74, 6) is -1.20. The van der Waals surface area contributed by atoms with E-state index in [1.807, 2.05) is 18.2 Å². The third-order valence-corrected chi connectivity index (χ3v) is 2.81. The van der Waals surface area contributed by atoms with E-state index in [1.54, 1.807) is 32.9 Å². The molecular formula is C16H18N2O4. The van der Waals surface area contributed by atoms with Crippen LogP contribution in [0.2, 0.25) is 0 Å². The van der Waals surface area contributed by atoms with Crippen LogP contribution in [0.15, 0.2) is 30.3 Å². The highest BCUT2D eigenvalue weighted by atomic mass is 16.6. The Bertz CT molecular complexity index is 684. The van der Waals surface area contributed by atoms with Gasteiger partial charge in [0.15, 0.2) is 11.4 Å². The van der Waals surface area contributed by atoms with Gasteiger partial charge in [-0.05, 0) is 26.3 Å². The number of aromatic nitrogens is 2. The van der Waals surface area contributed by atoms with Gasteiger partial charge >= 0.3 is 11.9 Å². The first-order chi connectivity index (χ1) is 10.3. The minimum atomic E-state index is -0.657. The average molecular weight is 302 g/mol. The van der Waals surface area contributed by atoms with Crippen molar-refractivity contribution >= 4 is 11.9 Å². The SMILES string of the molecule is COC(=O)c1[nH]nc(C(=O)OC(C)(C)C)c1-c1ccccc1. The number of hydrogen-bond donors (Lipinski definition) is 1. The largest absolute Gasteiger partial charge is 0.464 e. The van der Waals surface area contributed by atoms with Crippen molar-refractivity contribution < 1.29 is 19.1 Å². The molecule has 0 saturated carbocycles. The molecule has 0 spiro atoms. The number of aromatic amines is 1. The third kappa shape index (κ3) is 3.33. The zero-order valence-electron chi connectivity index (χ0n) is 13.0. The van der Waals surface area contributed by atoms with Gasteiger partial charge in [-0.2, -0.15) is 5.10 Å². The molecule has 1 N–H and O–H groups in total. The fraction of sp³-hybridized carbons (Fsp3) is 0.312. The van der Waals surface area contributed by atoms with Crippen LogP contribution in [-0.4, -0.2) is 34.8 Å². The number of nitrogens with zero attached hydrogens (tertiary/aromatic N) is 1. The molecule has 0 saturated heterocycles. The summed E-state index contributed by atoms with van der Waals surface area (Å²) < 4.78 is 10.1. The Kier molecular flexibility index (Phi) is 4.30. The lowest BCUT2D eigenvalue weighted by molar-refractivity contribution is 0.00636. The number of carbonyl (C=O) groups is 2. The van der Waals surface area contributed by atoms with Crippen molar-refractivity contribution in [3.63, 3.8) is 0 Å². The Balaban J connectivity index is 2.54. The first kappa shape index (κ1) is 15.8. The van der Waals surface area contributed by atoms with Gasteiger partial charge in [0.1, 0.15) is 5.60 Å². The second-order valence-electron chi connectivity index (χ2n) is 5.68. The highest BCUT2D eigenvalue weighted by molar-refractivity contribution is 6.03. The molecule has 1 aromatic heterocycles. The van der Waals surface area contributed by atoms with Crippen molar-refractivity contribution in [1.82, 2.24) is 10.2 Å². The molecule has 2 aromatic rings. The maximum Gasteiger partial charge on any atom is 0.360 e. The molecule has 0 unspecified atom stereocenters. The zero-order valence-corrected chi connectivity index (χ0v) is 13.0. The van der Waals surface area contributed by atoms with Gasteiger partial charge < -0.3 is 9.47 Å². The molecule has 0 aliphatic carbocycles. The molecule has 0 radical (unpaired) electrons.